The molecule has 1 atom stereocenters. The highest BCUT2D eigenvalue weighted by atomic mass is 15.3. The third kappa shape index (κ3) is 2.21. The molecule has 5 nitrogen and oxygen atoms in total. The minimum atomic E-state index is -1.66. The maximum Gasteiger partial charge on any atom is 0.206 e. The first-order chi connectivity index (χ1) is 12.1. The van der Waals surface area contributed by atoms with Gasteiger partial charge < -0.3 is 10.6 Å². The molecule has 1 aliphatic rings. The highest BCUT2D eigenvalue weighted by Crippen LogP contribution is 2.52. The van der Waals surface area contributed by atoms with Crippen LogP contribution >= 0.6 is 0 Å². The average molecular weight is 325 g/mol. The van der Waals surface area contributed by atoms with E-state index in [1.165, 1.54) is 0 Å². The summed E-state index contributed by atoms with van der Waals surface area (Å²) in [5.41, 5.74) is 7.07. The first-order valence-corrected chi connectivity index (χ1v) is 7.73. The fraction of sp³-hybridized carbons (Fsp3) is 0.150. The monoisotopic (exact) mass is 325 g/mol. The molecule has 2 aromatic carbocycles. The third-order valence-corrected chi connectivity index (χ3v) is 4.53. The van der Waals surface area contributed by atoms with E-state index in [1.54, 1.807) is 4.90 Å². The van der Waals surface area contributed by atoms with Crippen LogP contribution in [0.15, 0.2) is 66.0 Å². The van der Waals surface area contributed by atoms with Crippen LogP contribution in [0.25, 0.3) is 0 Å². The molecule has 5 heteroatoms. The Morgan fingerprint density at radius 2 is 1.56 bits per heavy atom. The Hall–Kier alpha value is -3.75. The van der Waals surface area contributed by atoms with Crippen LogP contribution in [-0.4, -0.2) is 0 Å². The van der Waals surface area contributed by atoms with Crippen LogP contribution in [0, 0.1) is 46.3 Å². The molecule has 0 aliphatic carbocycles. The van der Waals surface area contributed by atoms with Gasteiger partial charge in [-0.3, -0.25) is 0 Å². The van der Waals surface area contributed by atoms with E-state index in [0.717, 1.165) is 16.8 Å². The Morgan fingerprint density at radius 3 is 2.12 bits per heavy atom. The normalized spacial score (nSPS) is 18.3. The molecule has 0 radical (unpaired) electrons. The lowest BCUT2D eigenvalue weighted by molar-refractivity contribution is 0.521. The Labute approximate surface area is 146 Å². The molecule has 3 rings (SSSR count). The van der Waals surface area contributed by atoms with Gasteiger partial charge in [-0.1, -0.05) is 48.5 Å². The summed E-state index contributed by atoms with van der Waals surface area (Å²) in [7, 11) is 0. The van der Waals surface area contributed by atoms with Gasteiger partial charge in [-0.05, 0) is 24.1 Å². The van der Waals surface area contributed by atoms with Crippen molar-refractivity contribution in [2.75, 3.05) is 4.90 Å². The summed E-state index contributed by atoms with van der Waals surface area (Å²) < 4.78 is 0. The Balaban J connectivity index is 2.35. The lowest BCUT2D eigenvalue weighted by Crippen LogP contribution is -2.34. The van der Waals surface area contributed by atoms with Crippen LogP contribution in [0.5, 0.6) is 0 Å². The minimum absolute atomic E-state index is 0.00499. The molecular weight excluding hydrogens is 310 g/mol. The van der Waals surface area contributed by atoms with E-state index in [1.807, 2.05) is 67.6 Å². The van der Waals surface area contributed by atoms with Gasteiger partial charge in [0.1, 0.15) is 17.5 Å². The number of nitrogens with zero attached hydrogens (tertiary/aromatic N) is 4. The van der Waals surface area contributed by atoms with Gasteiger partial charge in [0.05, 0.1) is 18.2 Å². The van der Waals surface area contributed by atoms with Gasteiger partial charge in [0.25, 0.3) is 0 Å². The van der Waals surface area contributed by atoms with Crippen molar-refractivity contribution in [1.82, 2.24) is 0 Å². The molecule has 0 spiro atoms. The number of hydrogen-bond acceptors (Lipinski definition) is 5. The van der Waals surface area contributed by atoms with Gasteiger partial charge in [0, 0.05) is 5.69 Å². The quantitative estimate of drug-likeness (QED) is 0.913. The average Bonchev–Trinajstić information content (AvgIpc) is 2.91. The van der Waals surface area contributed by atoms with Crippen LogP contribution in [0.1, 0.15) is 17.2 Å². The summed E-state index contributed by atoms with van der Waals surface area (Å²) in [6, 6.07) is 22.2. The van der Waals surface area contributed by atoms with E-state index in [-0.39, 0.29) is 11.4 Å². The van der Waals surface area contributed by atoms with Crippen molar-refractivity contribution >= 4 is 5.69 Å². The first-order valence-electron chi connectivity index (χ1n) is 7.73. The third-order valence-electron chi connectivity index (χ3n) is 4.53. The van der Waals surface area contributed by atoms with Crippen LogP contribution in [0.3, 0.4) is 0 Å². The molecule has 120 valence electrons. The maximum atomic E-state index is 9.86. The minimum Gasteiger partial charge on any atom is -0.384 e. The molecule has 25 heavy (non-hydrogen) atoms. The van der Waals surface area contributed by atoms with E-state index < -0.39 is 11.5 Å². The molecule has 0 aromatic heterocycles. The van der Waals surface area contributed by atoms with Crippen LogP contribution in [0.2, 0.25) is 0 Å². The fourth-order valence-electron chi connectivity index (χ4n) is 3.33. The number of para-hydroxylation sites is 1. The SMILES string of the molecule is Cc1ccccc1N1C(N)=C(C#N)C(C#N)(C#N)[C@H]1c1ccccc1. The molecule has 0 bridgehead atoms. The van der Waals surface area contributed by atoms with Crippen molar-refractivity contribution < 1.29 is 0 Å². The van der Waals surface area contributed by atoms with Crippen LogP contribution in [0.4, 0.5) is 5.69 Å². The number of rotatable bonds is 2. The van der Waals surface area contributed by atoms with E-state index in [2.05, 4.69) is 12.1 Å². The van der Waals surface area contributed by atoms with Crippen molar-refractivity contribution in [2.45, 2.75) is 13.0 Å². The topological polar surface area (TPSA) is 101 Å². The molecule has 2 aromatic rings. The lowest BCUT2D eigenvalue weighted by atomic mass is 9.76. The number of benzene rings is 2. The van der Waals surface area contributed by atoms with Crippen LogP contribution in [-0.2, 0) is 0 Å². The summed E-state index contributed by atoms with van der Waals surface area (Å²) in [6.07, 6.45) is 0. The highest BCUT2D eigenvalue weighted by Gasteiger charge is 2.55. The van der Waals surface area contributed by atoms with Gasteiger partial charge >= 0.3 is 0 Å². The predicted molar refractivity (Wildman–Crippen MR) is 93.3 cm³/mol. The number of nitriles is 3. The zero-order chi connectivity index (χ0) is 18.0. The van der Waals surface area contributed by atoms with E-state index in [4.69, 9.17) is 5.73 Å². The first kappa shape index (κ1) is 16.1. The van der Waals surface area contributed by atoms with Gasteiger partial charge in [-0.25, -0.2) is 0 Å². The van der Waals surface area contributed by atoms with Crippen molar-refractivity contribution in [3.63, 3.8) is 0 Å². The summed E-state index contributed by atoms with van der Waals surface area (Å²) in [5.74, 6) is 0.147. The second-order valence-corrected chi connectivity index (χ2v) is 5.87. The molecule has 0 saturated carbocycles. The largest absolute Gasteiger partial charge is 0.384 e. The Morgan fingerprint density at radius 1 is 0.960 bits per heavy atom. The lowest BCUT2D eigenvalue weighted by Gasteiger charge is -2.33. The van der Waals surface area contributed by atoms with E-state index in [9.17, 15) is 15.8 Å². The smallest absolute Gasteiger partial charge is 0.206 e. The fourth-order valence-corrected chi connectivity index (χ4v) is 3.33. The van der Waals surface area contributed by atoms with Gasteiger partial charge in [0.2, 0.25) is 5.41 Å². The molecule has 0 unspecified atom stereocenters. The van der Waals surface area contributed by atoms with E-state index >= 15 is 0 Å². The van der Waals surface area contributed by atoms with Crippen molar-refractivity contribution in [3.05, 3.63) is 77.1 Å². The molecule has 0 fully saturated rings. The molecule has 2 N–H and O–H groups in total. The number of anilines is 1. The predicted octanol–water partition coefficient (Wildman–Crippen LogP) is 3.28. The molecule has 1 heterocycles. The second-order valence-electron chi connectivity index (χ2n) is 5.87. The van der Waals surface area contributed by atoms with Gasteiger partial charge in [-0.2, -0.15) is 15.8 Å². The zero-order valence-corrected chi connectivity index (χ0v) is 13.6. The summed E-state index contributed by atoms with van der Waals surface area (Å²) in [6.45, 7) is 1.93. The number of hydrogen-bond donors (Lipinski definition) is 1. The Bertz CT molecular complexity index is 956. The van der Waals surface area contributed by atoms with Gasteiger partial charge in [0.15, 0.2) is 0 Å². The molecular formula is C20H15N5. The maximum absolute atomic E-state index is 9.86. The van der Waals surface area contributed by atoms with Crippen molar-refractivity contribution in [2.24, 2.45) is 11.1 Å². The summed E-state index contributed by atoms with van der Waals surface area (Å²) >= 11 is 0. The Kier molecular flexibility index (Phi) is 3.89. The highest BCUT2D eigenvalue weighted by molar-refractivity contribution is 5.69. The number of aryl methyl sites for hydroxylation is 1. The standard InChI is InChI=1S/C20H15N5/c1-14-7-5-6-10-17(14)25-18(15-8-3-2-4-9-15)20(12-22,13-23)16(11-21)19(25)24/h2-10,18H,24H2,1H3/t18-/m1/s1. The molecule has 0 saturated heterocycles. The molecule has 1 aliphatic heterocycles. The van der Waals surface area contributed by atoms with Crippen LogP contribution < -0.4 is 10.6 Å². The summed E-state index contributed by atoms with van der Waals surface area (Å²) in [4.78, 5) is 1.73. The zero-order valence-electron chi connectivity index (χ0n) is 13.6. The number of nitrogens with two attached hydrogens (primary N) is 1. The summed E-state index contributed by atoms with van der Waals surface area (Å²) in [5, 5.41) is 29.3. The second kappa shape index (κ2) is 6.04. The van der Waals surface area contributed by atoms with Gasteiger partial charge in [-0.15, -0.1) is 0 Å². The molecule has 0 amide bonds. The van der Waals surface area contributed by atoms with E-state index in [0.29, 0.717) is 0 Å². The van der Waals surface area contributed by atoms with Crippen molar-refractivity contribution in [3.8, 4) is 18.2 Å². The van der Waals surface area contributed by atoms with Crippen molar-refractivity contribution in [1.29, 1.82) is 15.8 Å².